The second kappa shape index (κ2) is 19.3. The van der Waals surface area contributed by atoms with Crippen LogP contribution in [0.25, 0.3) is 22.3 Å². The first-order valence-corrected chi connectivity index (χ1v) is 21.7. The van der Waals surface area contributed by atoms with Gasteiger partial charge in [0.2, 0.25) is 0 Å². The Hall–Kier alpha value is -6.41. The molecule has 2 atom stereocenters. The van der Waals surface area contributed by atoms with Crippen LogP contribution in [0, 0.1) is 0 Å². The monoisotopic (exact) mass is 805 g/mol. The molecule has 7 heteroatoms. The van der Waals surface area contributed by atoms with Crippen molar-refractivity contribution in [2.75, 3.05) is 31.3 Å². The number of aliphatic imine (C=N–C) groups is 1. The number of amides is 1. The quantitative estimate of drug-likeness (QED) is 0.0894. The van der Waals surface area contributed by atoms with E-state index >= 15 is 0 Å². The van der Waals surface area contributed by atoms with Crippen LogP contribution in [0.15, 0.2) is 151 Å². The van der Waals surface area contributed by atoms with Crippen molar-refractivity contribution < 1.29 is 9.59 Å². The Balaban J connectivity index is 0.000000403. The molecule has 3 aliphatic rings. The van der Waals surface area contributed by atoms with Gasteiger partial charge in [0.1, 0.15) is 0 Å². The number of hydrogen-bond acceptors (Lipinski definition) is 6. The van der Waals surface area contributed by atoms with Crippen molar-refractivity contribution in [3.8, 4) is 22.3 Å². The first-order valence-electron chi connectivity index (χ1n) is 21.7. The number of fused-ring (bicyclic) bond motifs is 6. The average molecular weight is 806 g/mol. The van der Waals surface area contributed by atoms with Crippen molar-refractivity contribution in [1.29, 1.82) is 0 Å². The van der Waals surface area contributed by atoms with Crippen molar-refractivity contribution >= 4 is 35.0 Å². The molecule has 6 aromatic carbocycles. The zero-order chi connectivity index (χ0) is 42.1. The Kier molecular flexibility index (Phi) is 13.1. The molecule has 7 nitrogen and oxygen atoms in total. The van der Waals surface area contributed by atoms with Gasteiger partial charge in [-0.2, -0.15) is 0 Å². The van der Waals surface area contributed by atoms with Crippen molar-refractivity contribution in [1.82, 2.24) is 4.90 Å². The van der Waals surface area contributed by atoms with Crippen molar-refractivity contribution in [2.45, 2.75) is 63.3 Å². The highest BCUT2D eigenvalue weighted by molar-refractivity contribution is 6.09. The van der Waals surface area contributed by atoms with Crippen LogP contribution in [0.5, 0.6) is 0 Å². The van der Waals surface area contributed by atoms with Gasteiger partial charge in [0, 0.05) is 35.8 Å². The first-order chi connectivity index (χ1) is 29.9. The number of para-hydroxylation sites is 2. The summed E-state index contributed by atoms with van der Waals surface area (Å²) in [5.74, 6) is 0.254. The molecule has 308 valence electrons. The lowest BCUT2D eigenvalue weighted by Crippen LogP contribution is -2.24. The van der Waals surface area contributed by atoms with Gasteiger partial charge >= 0.3 is 0 Å². The summed E-state index contributed by atoms with van der Waals surface area (Å²) >= 11 is 0. The van der Waals surface area contributed by atoms with Crippen LogP contribution in [0.3, 0.4) is 0 Å². The summed E-state index contributed by atoms with van der Waals surface area (Å²) in [4.78, 5) is 34.6. The predicted molar refractivity (Wildman–Crippen MR) is 252 cm³/mol. The minimum Gasteiger partial charge on any atom is -0.360 e. The summed E-state index contributed by atoms with van der Waals surface area (Å²) in [5.41, 5.74) is 20.6. The van der Waals surface area contributed by atoms with Crippen LogP contribution < -0.4 is 16.4 Å². The minimum absolute atomic E-state index is 0.142. The maximum Gasteiger partial charge on any atom is 0.256 e. The minimum atomic E-state index is -0.239. The number of unbranched alkanes of at least 4 members (excludes halogenated alkanes) is 1. The van der Waals surface area contributed by atoms with Crippen molar-refractivity contribution in [3.63, 3.8) is 0 Å². The van der Waals surface area contributed by atoms with Gasteiger partial charge in [-0.1, -0.05) is 97.4 Å². The van der Waals surface area contributed by atoms with Gasteiger partial charge in [0.05, 0.1) is 17.3 Å². The topological polar surface area (TPSA) is 99.8 Å². The highest BCUT2D eigenvalue weighted by atomic mass is 16.1. The number of rotatable bonds is 11. The van der Waals surface area contributed by atoms with Crippen LogP contribution in [-0.2, 0) is 19.4 Å². The first kappa shape index (κ1) is 41.3. The molecule has 0 saturated heterocycles. The molecule has 1 heterocycles. The van der Waals surface area contributed by atoms with Gasteiger partial charge in [0.25, 0.3) is 5.91 Å². The molecular weight excluding hydrogens is 751 g/mol. The molecule has 0 spiro atoms. The molecule has 0 aromatic heterocycles. The van der Waals surface area contributed by atoms with E-state index in [0.29, 0.717) is 35.7 Å². The van der Waals surface area contributed by atoms with Gasteiger partial charge in [-0.05, 0) is 164 Å². The van der Waals surface area contributed by atoms with Gasteiger partial charge in [0.15, 0.2) is 5.78 Å². The number of carbonyl (C=O) groups excluding carboxylic acids is 2. The molecule has 0 saturated carbocycles. The Labute approximate surface area is 360 Å². The molecular formula is C54H55N5O2. The molecule has 0 bridgehead atoms. The van der Waals surface area contributed by atoms with Gasteiger partial charge < -0.3 is 21.3 Å². The van der Waals surface area contributed by atoms with Gasteiger partial charge in [-0.3, -0.25) is 14.6 Å². The lowest BCUT2D eigenvalue weighted by atomic mass is 9.69. The smallest absolute Gasteiger partial charge is 0.256 e. The molecule has 0 fully saturated rings. The number of nitrogens with one attached hydrogen (secondary N) is 2. The number of benzene rings is 6. The zero-order valence-corrected chi connectivity index (χ0v) is 35.2. The number of anilines is 2. The van der Waals surface area contributed by atoms with E-state index in [1.54, 1.807) is 6.21 Å². The van der Waals surface area contributed by atoms with Crippen molar-refractivity contribution in [3.05, 3.63) is 185 Å². The van der Waals surface area contributed by atoms with Gasteiger partial charge in [-0.25, -0.2) is 0 Å². The third kappa shape index (κ3) is 9.34. The van der Waals surface area contributed by atoms with E-state index in [0.717, 1.165) is 41.0 Å². The Morgan fingerprint density at radius 2 is 1.52 bits per heavy atom. The fourth-order valence-electron chi connectivity index (χ4n) is 9.29. The molecule has 0 radical (unpaired) electrons. The van der Waals surface area contributed by atoms with E-state index in [1.807, 2.05) is 109 Å². The third-order valence-electron chi connectivity index (χ3n) is 12.3. The lowest BCUT2D eigenvalue weighted by Gasteiger charge is -2.34. The van der Waals surface area contributed by atoms with E-state index in [2.05, 4.69) is 71.0 Å². The zero-order valence-electron chi connectivity index (χ0n) is 35.2. The Morgan fingerprint density at radius 3 is 2.34 bits per heavy atom. The lowest BCUT2D eigenvalue weighted by molar-refractivity contribution is 0.0957. The average Bonchev–Trinajstić information content (AvgIpc) is 3.56. The fourth-order valence-corrected chi connectivity index (χ4v) is 9.29. The van der Waals surface area contributed by atoms with Crippen LogP contribution in [0.2, 0.25) is 0 Å². The Bertz CT molecular complexity index is 2570. The second-order valence-corrected chi connectivity index (χ2v) is 16.5. The number of hydrogen-bond donors (Lipinski definition) is 3. The van der Waals surface area contributed by atoms with E-state index in [9.17, 15) is 9.59 Å². The number of Topliss-reactive ketones (excluding diaryl/α,β-unsaturated/α-hetero) is 1. The molecule has 6 aromatic rings. The van der Waals surface area contributed by atoms with E-state index < -0.39 is 0 Å². The highest BCUT2D eigenvalue weighted by Gasteiger charge is 2.35. The summed E-state index contributed by atoms with van der Waals surface area (Å²) in [5, 5.41) is 6.19. The SMILES string of the molecule is C1=CNc2ccccc2N=C1.CN(C)CCCCC1CCCc2c1ccc1c2C(C(=O)c2ccc(NC(=O)c3ccccc3-c3ccccc3CN)cc2)Cc2ccccc2-1. The maximum atomic E-state index is 14.5. The van der Waals surface area contributed by atoms with Crippen molar-refractivity contribution in [2.24, 2.45) is 10.7 Å². The number of carbonyl (C=O) groups is 2. The Morgan fingerprint density at radius 1 is 0.787 bits per heavy atom. The van der Waals surface area contributed by atoms with E-state index in [-0.39, 0.29) is 17.6 Å². The molecule has 61 heavy (non-hydrogen) atoms. The van der Waals surface area contributed by atoms with Crippen LogP contribution in [-0.4, -0.2) is 43.4 Å². The highest BCUT2D eigenvalue weighted by Crippen LogP contribution is 2.48. The molecule has 2 unspecified atom stereocenters. The number of allylic oxidation sites excluding steroid dienone is 1. The summed E-state index contributed by atoms with van der Waals surface area (Å²) < 4.78 is 0. The predicted octanol–water partition coefficient (Wildman–Crippen LogP) is 11.7. The second-order valence-electron chi connectivity index (χ2n) is 16.5. The number of nitrogens with two attached hydrogens (primary N) is 1. The molecule has 1 aliphatic heterocycles. The summed E-state index contributed by atoms with van der Waals surface area (Å²) in [7, 11) is 4.29. The van der Waals surface area contributed by atoms with Crippen LogP contribution in [0.1, 0.15) is 92.5 Å². The third-order valence-corrected chi connectivity index (χ3v) is 12.3. The maximum absolute atomic E-state index is 14.5. The molecule has 4 N–H and O–H groups in total. The fraction of sp³-hybridized carbons (Fsp3) is 0.241. The summed E-state index contributed by atoms with van der Waals surface area (Å²) in [6.45, 7) is 1.51. The van der Waals surface area contributed by atoms with Gasteiger partial charge in [-0.15, -0.1) is 0 Å². The normalized spacial score (nSPS) is 15.8. The standard InChI is InChI=1S/C45H47N3O2.C9H8N2/c1-48(2)27-10-9-12-30-15-11-20-39-37(30)25-26-40-35-16-5-3-13-32(35)28-42(43(39)40)44(49)31-21-23-34(24-22-31)47-45(50)41-19-8-7-18-38(41)36-17-6-4-14-33(36)29-46;1-2-5-9-8(4-1)10-6-3-7-11-9/h3-8,13-14,16-19,21-26,30,42H,9-12,15,20,27-29,46H2,1-2H3,(H,47,50);1-7,10H. The number of ketones is 1. The van der Waals surface area contributed by atoms with Crippen LogP contribution >= 0.6 is 0 Å². The summed E-state index contributed by atoms with van der Waals surface area (Å²) in [6, 6.07) is 44.2. The van der Waals surface area contributed by atoms with E-state index in [1.165, 1.54) is 65.5 Å². The largest absolute Gasteiger partial charge is 0.360 e. The summed E-state index contributed by atoms with van der Waals surface area (Å²) in [6.07, 6.45) is 13.3. The van der Waals surface area contributed by atoms with Crippen LogP contribution in [0.4, 0.5) is 17.1 Å². The van der Waals surface area contributed by atoms with E-state index in [4.69, 9.17) is 5.73 Å². The molecule has 9 rings (SSSR count). The number of nitrogens with zero attached hydrogens (tertiary/aromatic N) is 2. The molecule has 2 aliphatic carbocycles. The molecule has 1 amide bonds.